The van der Waals surface area contributed by atoms with E-state index >= 15 is 0 Å². The molecule has 1 aromatic carbocycles. The molecule has 0 aromatic heterocycles. The number of aliphatic hydroxyl groups is 1. The van der Waals surface area contributed by atoms with Crippen LogP contribution in [0.4, 0.5) is 0 Å². The SMILES string of the molecule is CCC(=O)CC(C)(O)c1ccccc1. The quantitative estimate of drug-likeness (QED) is 0.794. The van der Waals surface area contributed by atoms with Crippen LogP contribution in [0.3, 0.4) is 0 Å². The van der Waals surface area contributed by atoms with Crippen molar-refractivity contribution in [1.29, 1.82) is 0 Å². The highest BCUT2D eigenvalue weighted by molar-refractivity contribution is 5.79. The third-order valence-corrected chi connectivity index (χ3v) is 2.33. The van der Waals surface area contributed by atoms with Crippen LogP contribution in [0.2, 0.25) is 0 Å². The maximum absolute atomic E-state index is 11.2. The molecule has 1 unspecified atom stereocenters. The lowest BCUT2D eigenvalue weighted by atomic mass is 9.90. The average molecular weight is 192 g/mol. The molecule has 0 radical (unpaired) electrons. The highest BCUT2D eigenvalue weighted by atomic mass is 16.3. The lowest BCUT2D eigenvalue weighted by Crippen LogP contribution is -2.24. The normalized spacial score (nSPS) is 14.8. The molecule has 0 bridgehead atoms. The number of hydrogen-bond donors (Lipinski definition) is 1. The van der Waals surface area contributed by atoms with Gasteiger partial charge < -0.3 is 5.11 Å². The first kappa shape index (κ1) is 10.9. The molecule has 0 aliphatic rings. The molecule has 1 aromatic rings. The van der Waals surface area contributed by atoms with Gasteiger partial charge in [0.05, 0.1) is 5.60 Å². The van der Waals surface area contributed by atoms with Crippen LogP contribution in [-0.2, 0) is 10.4 Å². The average Bonchev–Trinajstić information content (AvgIpc) is 2.18. The summed E-state index contributed by atoms with van der Waals surface area (Å²) in [5, 5.41) is 10.1. The van der Waals surface area contributed by atoms with Crippen LogP contribution in [0.15, 0.2) is 30.3 Å². The van der Waals surface area contributed by atoms with Gasteiger partial charge >= 0.3 is 0 Å². The third kappa shape index (κ3) is 2.67. The molecule has 0 aliphatic carbocycles. The lowest BCUT2D eigenvalue weighted by Gasteiger charge is -2.22. The zero-order chi connectivity index (χ0) is 10.6. The van der Waals surface area contributed by atoms with Crippen molar-refractivity contribution < 1.29 is 9.90 Å². The monoisotopic (exact) mass is 192 g/mol. The molecule has 0 amide bonds. The van der Waals surface area contributed by atoms with E-state index in [2.05, 4.69) is 0 Å². The largest absolute Gasteiger partial charge is 0.385 e. The molecular weight excluding hydrogens is 176 g/mol. The zero-order valence-electron chi connectivity index (χ0n) is 8.66. The summed E-state index contributed by atoms with van der Waals surface area (Å²) in [5.74, 6) is 0.0823. The van der Waals surface area contributed by atoms with Gasteiger partial charge in [0, 0.05) is 12.8 Å². The molecule has 1 N–H and O–H groups in total. The van der Waals surface area contributed by atoms with E-state index in [1.165, 1.54) is 0 Å². The molecule has 0 spiro atoms. The number of hydrogen-bond acceptors (Lipinski definition) is 2. The molecule has 2 nitrogen and oxygen atoms in total. The molecule has 76 valence electrons. The van der Waals surface area contributed by atoms with E-state index in [0.717, 1.165) is 5.56 Å². The summed E-state index contributed by atoms with van der Waals surface area (Å²) in [7, 11) is 0. The molecule has 1 rings (SSSR count). The maximum atomic E-state index is 11.2. The van der Waals surface area contributed by atoms with Crippen molar-refractivity contribution in [3.63, 3.8) is 0 Å². The summed E-state index contributed by atoms with van der Waals surface area (Å²) in [5.41, 5.74) is -0.240. The summed E-state index contributed by atoms with van der Waals surface area (Å²) >= 11 is 0. The van der Waals surface area contributed by atoms with Crippen LogP contribution in [-0.4, -0.2) is 10.9 Å². The number of carbonyl (C=O) groups excluding carboxylic acids is 1. The van der Waals surface area contributed by atoms with E-state index in [9.17, 15) is 9.90 Å². The fourth-order valence-corrected chi connectivity index (χ4v) is 1.41. The minimum atomic E-state index is -1.03. The second-order valence-electron chi connectivity index (χ2n) is 3.71. The van der Waals surface area contributed by atoms with Crippen molar-refractivity contribution >= 4 is 5.78 Å². The predicted molar refractivity (Wildman–Crippen MR) is 55.9 cm³/mol. The molecular formula is C12H16O2. The first-order valence-electron chi connectivity index (χ1n) is 4.86. The lowest BCUT2D eigenvalue weighted by molar-refractivity contribution is -0.123. The summed E-state index contributed by atoms with van der Waals surface area (Å²) in [6.45, 7) is 3.49. The van der Waals surface area contributed by atoms with Gasteiger partial charge in [-0.05, 0) is 12.5 Å². The van der Waals surface area contributed by atoms with Crippen molar-refractivity contribution in [3.8, 4) is 0 Å². The molecule has 0 saturated heterocycles. The van der Waals surface area contributed by atoms with Gasteiger partial charge in [-0.3, -0.25) is 4.79 Å². The van der Waals surface area contributed by atoms with Gasteiger partial charge in [0.15, 0.2) is 0 Å². The fourth-order valence-electron chi connectivity index (χ4n) is 1.41. The second-order valence-corrected chi connectivity index (χ2v) is 3.71. The molecule has 14 heavy (non-hydrogen) atoms. The van der Waals surface area contributed by atoms with Crippen LogP contribution in [0.1, 0.15) is 32.3 Å². The minimum Gasteiger partial charge on any atom is -0.385 e. The van der Waals surface area contributed by atoms with Crippen LogP contribution in [0, 0.1) is 0 Å². The molecule has 0 heterocycles. The Hall–Kier alpha value is -1.15. The van der Waals surface area contributed by atoms with Gasteiger partial charge in [-0.2, -0.15) is 0 Å². The van der Waals surface area contributed by atoms with Crippen LogP contribution < -0.4 is 0 Å². The first-order valence-corrected chi connectivity index (χ1v) is 4.86. The Morgan fingerprint density at radius 1 is 1.36 bits per heavy atom. The number of ketones is 1. The zero-order valence-corrected chi connectivity index (χ0v) is 8.66. The smallest absolute Gasteiger partial charge is 0.135 e. The molecule has 1 atom stereocenters. The standard InChI is InChI=1S/C12H16O2/c1-3-11(13)9-12(2,14)10-7-5-4-6-8-10/h4-8,14H,3,9H2,1-2H3. The number of benzene rings is 1. The van der Waals surface area contributed by atoms with E-state index in [0.29, 0.717) is 6.42 Å². The summed E-state index contributed by atoms with van der Waals surface area (Å²) in [6.07, 6.45) is 0.663. The Bertz CT molecular complexity index is 301. The Morgan fingerprint density at radius 2 is 1.93 bits per heavy atom. The first-order chi connectivity index (χ1) is 6.56. The molecule has 0 fully saturated rings. The summed E-state index contributed by atoms with van der Waals surface area (Å²) in [4.78, 5) is 11.2. The van der Waals surface area contributed by atoms with Gasteiger partial charge in [0.25, 0.3) is 0 Å². The van der Waals surface area contributed by atoms with Crippen molar-refractivity contribution in [2.75, 3.05) is 0 Å². The van der Waals surface area contributed by atoms with E-state index in [1.54, 1.807) is 6.92 Å². The van der Waals surface area contributed by atoms with Crippen LogP contribution >= 0.6 is 0 Å². The predicted octanol–water partition coefficient (Wildman–Crippen LogP) is 2.26. The van der Waals surface area contributed by atoms with Gasteiger partial charge in [0.1, 0.15) is 5.78 Å². The molecule has 0 saturated carbocycles. The van der Waals surface area contributed by atoms with Gasteiger partial charge in [-0.1, -0.05) is 37.3 Å². The Balaban J connectivity index is 2.80. The van der Waals surface area contributed by atoms with Gasteiger partial charge in [-0.15, -0.1) is 0 Å². The van der Waals surface area contributed by atoms with Crippen molar-refractivity contribution in [1.82, 2.24) is 0 Å². The topological polar surface area (TPSA) is 37.3 Å². The Kier molecular flexibility index (Phi) is 3.42. The van der Waals surface area contributed by atoms with E-state index in [4.69, 9.17) is 0 Å². The summed E-state index contributed by atoms with van der Waals surface area (Å²) in [6, 6.07) is 9.29. The second kappa shape index (κ2) is 4.38. The fraction of sp³-hybridized carbons (Fsp3) is 0.417. The summed E-state index contributed by atoms with van der Waals surface area (Å²) < 4.78 is 0. The highest BCUT2D eigenvalue weighted by Gasteiger charge is 2.25. The molecule has 2 heteroatoms. The third-order valence-electron chi connectivity index (χ3n) is 2.33. The van der Waals surface area contributed by atoms with Crippen LogP contribution in [0.5, 0.6) is 0 Å². The van der Waals surface area contributed by atoms with Crippen molar-refractivity contribution in [2.45, 2.75) is 32.3 Å². The number of rotatable bonds is 4. The van der Waals surface area contributed by atoms with Gasteiger partial charge in [0.2, 0.25) is 0 Å². The maximum Gasteiger partial charge on any atom is 0.135 e. The Labute approximate surface area is 84.6 Å². The number of carbonyl (C=O) groups is 1. The van der Waals surface area contributed by atoms with Crippen LogP contribution in [0.25, 0.3) is 0 Å². The van der Waals surface area contributed by atoms with Crippen molar-refractivity contribution in [2.24, 2.45) is 0 Å². The minimum absolute atomic E-state index is 0.0823. The molecule has 0 aliphatic heterocycles. The van der Waals surface area contributed by atoms with E-state index < -0.39 is 5.60 Å². The number of Topliss-reactive ketones (excluding diaryl/α,β-unsaturated/α-hetero) is 1. The highest BCUT2D eigenvalue weighted by Crippen LogP contribution is 2.24. The van der Waals surface area contributed by atoms with E-state index in [1.807, 2.05) is 37.3 Å². The van der Waals surface area contributed by atoms with Gasteiger partial charge in [-0.25, -0.2) is 0 Å². The Morgan fingerprint density at radius 3 is 2.43 bits per heavy atom. The van der Waals surface area contributed by atoms with Crippen molar-refractivity contribution in [3.05, 3.63) is 35.9 Å². The van der Waals surface area contributed by atoms with E-state index in [-0.39, 0.29) is 12.2 Å².